The average Bonchev–Trinajstić information content (AvgIpc) is 3.12. The second-order valence-corrected chi connectivity index (χ2v) is 6.68. The van der Waals surface area contributed by atoms with Gasteiger partial charge in [-0.15, -0.1) is 0 Å². The number of Topliss-reactive ketones (excluding diaryl/α,β-unsaturated/α-hetero) is 1. The van der Waals surface area contributed by atoms with E-state index in [-0.39, 0.29) is 0 Å². The summed E-state index contributed by atoms with van der Waals surface area (Å²) in [6, 6.07) is 22.4. The summed E-state index contributed by atoms with van der Waals surface area (Å²) in [7, 11) is 1.57. The van der Waals surface area contributed by atoms with Crippen molar-refractivity contribution in [3.8, 4) is 16.9 Å². The van der Waals surface area contributed by atoms with E-state index in [9.17, 15) is 9.59 Å². The van der Waals surface area contributed by atoms with E-state index < -0.39 is 11.7 Å². The second-order valence-electron chi connectivity index (χ2n) is 6.68. The SMILES string of the molecule is CC.COc1ccc(NC(=O)C(=O)c2c(C)c(-c3ccccc3)c3ccccn23)cc1. The van der Waals surface area contributed by atoms with Crippen LogP contribution in [0.4, 0.5) is 5.69 Å². The molecule has 0 atom stereocenters. The number of nitrogens with zero attached hydrogens (tertiary/aromatic N) is 1. The Morgan fingerprint density at radius 1 is 0.871 bits per heavy atom. The molecule has 1 N–H and O–H groups in total. The van der Waals surface area contributed by atoms with Crippen LogP contribution in [-0.2, 0) is 4.79 Å². The molecule has 2 aromatic heterocycles. The van der Waals surface area contributed by atoms with Crippen molar-refractivity contribution in [2.75, 3.05) is 12.4 Å². The number of nitrogens with one attached hydrogen (secondary N) is 1. The first kappa shape index (κ1) is 21.8. The number of benzene rings is 2. The zero-order valence-electron chi connectivity index (χ0n) is 18.2. The Balaban J connectivity index is 0.00000132. The van der Waals surface area contributed by atoms with E-state index in [4.69, 9.17) is 4.74 Å². The lowest BCUT2D eigenvalue weighted by Crippen LogP contribution is -2.24. The van der Waals surface area contributed by atoms with E-state index in [1.807, 2.05) is 75.5 Å². The van der Waals surface area contributed by atoms with Gasteiger partial charge in [0.1, 0.15) is 11.4 Å². The van der Waals surface area contributed by atoms with Gasteiger partial charge < -0.3 is 14.5 Å². The molecule has 0 aliphatic rings. The minimum Gasteiger partial charge on any atom is -0.497 e. The third-order valence-corrected chi connectivity index (χ3v) is 4.92. The van der Waals surface area contributed by atoms with Crippen molar-refractivity contribution >= 4 is 22.9 Å². The van der Waals surface area contributed by atoms with Crippen LogP contribution in [0, 0.1) is 6.92 Å². The summed E-state index contributed by atoms with van der Waals surface area (Å²) in [5.41, 5.74) is 4.51. The van der Waals surface area contributed by atoms with Crippen molar-refractivity contribution in [2.24, 2.45) is 0 Å². The van der Waals surface area contributed by atoms with Gasteiger partial charge in [-0.2, -0.15) is 0 Å². The largest absolute Gasteiger partial charge is 0.497 e. The first-order valence-corrected chi connectivity index (χ1v) is 10.2. The molecule has 5 nitrogen and oxygen atoms in total. The molecule has 1 amide bonds. The highest BCUT2D eigenvalue weighted by atomic mass is 16.5. The topological polar surface area (TPSA) is 59.8 Å². The molecule has 0 fully saturated rings. The van der Waals surface area contributed by atoms with Gasteiger partial charge in [0.2, 0.25) is 0 Å². The smallest absolute Gasteiger partial charge is 0.298 e. The number of anilines is 1. The van der Waals surface area contributed by atoms with Crippen molar-refractivity contribution in [1.82, 2.24) is 4.40 Å². The summed E-state index contributed by atoms with van der Waals surface area (Å²) in [5.74, 6) is -0.585. The molecule has 0 saturated carbocycles. The first-order valence-electron chi connectivity index (χ1n) is 10.2. The summed E-state index contributed by atoms with van der Waals surface area (Å²) >= 11 is 0. The molecule has 0 bridgehead atoms. The predicted molar refractivity (Wildman–Crippen MR) is 125 cm³/mol. The standard InChI is InChI=1S/C24H20N2O3.C2H6/c1-16-21(17-8-4-3-5-9-17)20-10-6-7-15-26(20)22(16)23(27)24(28)25-18-11-13-19(29-2)14-12-18;1-2/h3-15H,1-2H3,(H,25,28);1-2H3. The molecule has 0 unspecified atom stereocenters. The predicted octanol–water partition coefficient (Wildman–Crippen LogP) is 5.77. The van der Waals surface area contributed by atoms with E-state index in [1.165, 1.54) is 0 Å². The number of amides is 1. The van der Waals surface area contributed by atoms with Crippen molar-refractivity contribution < 1.29 is 14.3 Å². The Hall–Kier alpha value is -3.86. The van der Waals surface area contributed by atoms with Crippen LogP contribution in [0.3, 0.4) is 0 Å². The van der Waals surface area contributed by atoms with Crippen molar-refractivity contribution in [3.05, 3.63) is 90.3 Å². The Bertz CT molecular complexity index is 1190. The number of hydrogen-bond acceptors (Lipinski definition) is 3. The van der Waals surface area contributed by atoms with E-state index in [0.29, 0.717) is 17.1 Å². The molecular weight excluding hydrogens is 388 g/mol. The molecule has 0 aliphatic carbocycles. The summed E-state index contributed by atoms with van der Waals surface area (Å²) in [4.78, 5) is 25.8. The van der Waals surface area contributed by atoms with Crippen LogP contribution in [0.25, 0.3) is 16.6 Å². The number of carbonyl (C=O) groups is 2. The van der Waals surface area contributed by atoms with Crippen LogP contribution in [0.2, 0.25) is 0 Å². The maximum Gasteiger partial charge on any atom is 0.298 e. The minimum atomic E-state index is -0.680. The molecular formula is C26H26N2O3. The van der Waals surface area contributed by atoms with Crippen LogP contribution in [0.1, 0.15) is 29.9 Å². The van der Waals surface area contributed by atoms with Crippen molar-refractivity contribution in [1.29, 1.82) is 0 Å². The van der Waals surface area contributed by atoms with Crippen LogP contribution >= 0.6 is 0 Å². The maximum absolute atomic E-state index is 13.1. The van der Waals surface area contributed by atoms with Gasteiger partial charge in [-0.1, -0.05) is 50.2 Å². The molecule has 4 aromatic rings. The lowest BCUT2D eigenvalue weighted by molar-refractivity contribution is -0.112. The van der Waals surface area contributed by atoms with E-state index in [2.05, 4.69) is 5.32 Å². The average molecular weight is 415 g/mol. The molecule has 0 radical (unpaired) electrons. The van der Waals surface area contributed by atoms with E-state index >= 15 is 0 Å². The molecule has 31 heavy (non-hydrogen) atoms. The van der Waals surface area contributed by atoms with Gasteiger partial charge >= 0.3 is 0 Å². The fourth-order valence-electron chi connectivity index (χ4n) is 3.55. The number of aromatic nitrogens is 1. The molecule has 158 valence electrons. The number of rotatable bonds is 5. The minimum absolute atomic E-state index is 0.366. The number of hydrogen-bond donors (Lipinski definition) is 1. The first-order chi connectivity index (χ1) is 15.1. The second kappa shape index (κ2) is 9.76. The number of ether oxygens (including phenoxy) is 1. The maximum atomic E-state index is 13.1. The molecule has 0 aliphatic heterocycles. The number of pyridine rings is 1. The van der Waals surface area contributed by atoms with Gasteiger partial charge in [0.25, 0.3) is 11.7 Å². The third kappa shape index (κ3) is 4.36. The number of ketones is 1. The zero-order valence-corrected chi connectivity index (χ0v) is 18.2. The highest BCUT2D eigenvalue weighted by Crippen LogP contribution is 2.33. The number of methoxy groups -OCH3 is 1. The quantitative estimate of drug-likeness (QED) is 0.333. The van der Waals surface area contributed by atoms with Crippen LogP contribution < -0.4 is 10.1 Å². The van der Waals surface area contributed by atoms with Gasteiger partial charge in [0.05, 0.1) is 12.6 Å². The molecule has 2 aromatic carbocycles. The Labute approximate surface area is 182 Å². The van der Waals surface area contributed by atoms with Gasteiger partial charge in [0, 0.05) is 17.4 Å². The van der Waals surface area contributed by atoms with Gasteiger partial charge in [-0.05, 0) is 54.4 Å². The lowest BCUT2D eigenvalue weighted by Gasteiger charge is -2.07. The Morgan fingerprint density at radius 2 is 1.52 bits per heavy atom. The van der Waals surface area contributed by atoms with E-state index in [1.54, 1.807) is 35.8 Å². The molecule has 0 saturated heterocycles. The monoisotopic (exact) mass is 414 g/mol. The highest BCUT2D eigenvalue weighted by molar-refractivity contribution is 6.46. The third-order valence-electron chi connectivity index (χ3n) is 4.92. The van der Waals surface area contributed by atoms with Crippen molar-refractivity contribution in [2.45, 2.75) is 20.8 Å². The summed E-state index contributed by atoms with van der Waals surface area (Å²) in [5, 5.41) is 2.68. The van der Waals surface area contributed by atoms with Crippen LogP contribution in [-0.4, -0.2) is 23.2 Å². The van der Waals surface area contributed by atoms with Gasteiger partial charge in [0.15, 0.2) is 0 Å². The van der Waals surface area contributed by atoms with Crippen molar-refractivity contribution in [3.63, 3.8) is 0 Å². The molecule has 5 heteroatoms. The number of fused-ring (bicyclic) bond motifs is 1. The van der Waals surface area contributed by atoms with Crippen LogP contribution in [0.15, 0.2) is 79.0 Å². The lowest BCUT2D eigenvalue weighted by atomic mass is 10.0. The van der Waals surface area contributed by atoms with Gasteiger partial charge in [-0.3, -0.25) is 9.59 Å². The summed E-state index contributed by atoms with van der Waals surface area (Å²) in [6.45, 7) is 5.88. The fourth-order valence-corrected chi connectivity index (χ4v) is 3.55. The highest BCUT2D eigenvalue weighted by Gasteiger charge is 2.26. The normalized spacial score (nSPS) is 10.2. The summed E-state index contributed by atoms with van der Waals surface area (Å²) < 4.78 is 6.90. The zero-order chi connectivity index (χ0) is 22.4. The molecule has 0 spiro atoms. The van der Waals surface area contributed by atoms with E-state index in [0.717, 1.165) is 22.2 Å². The Kier molecular flexibility index (Phi) is 6.88. The van der Waals surface area contributed by atoms with Crippen LogP contribution in [0.5, 0.6) is 5.75 Å². The summed E-state index contributed by atoms with van der Waals surface area (Å²) in [6.07, 6.45) is 1.81. The fraction of sp³-hybridized carbons (Fsp3) is 0.154. The van der Waals surface area contributed by atoms with Gasteiger partial charge in [-0.25, -0.2) is 0 Å². The number of carbonyl (C=O) groups excluding carboxylic acids is 2. The Morgan fingerprint density at radius 3 is 2.16 bits per heavy atom. The molecule has 4 rings (SSSR count). The molecule has 2 heterocycles.